The molecule has 19 heavy (non-hydrogen) atoms. The minimum atomic E-state index is 0.575. The van der Waals surface area contributed by atoms with Crippen molar-refractivity contribution in [2.75, 3.05) is 0 Å². The summed E-state index contributed by atoms with van der Waals surface area (Å²) in [4.78, 5) is 8.58. The Bertz CT molecular complexity index is 650. The molecule has 96 valence electrons. The molecule has 0 unspecified atom stereocenters. The van der Waals surface area contributed by atoms with E-state index in [1.807, 2.05) is 26.0 Å². The molecule has 0 aliphatic rings. The summed E-state index contributed by atoms with van der Waals surface area (Å²) in [6, 6.07) is 10.3. The molecule has 0 fully saturated rings. The molecule has 0 amide bonds. The van der Waals surface area contributed by atoms with Crippen molar-refractivity contribution in [2.24, 2.45) is 0 Å². The van der Waals surface area contributed by atoms with Crippen LogP contribution in [0.1, 0.15) is 22.6 Å². The lowest BCUT2D eigenvalue weighted by Crippen LogP contribution is -1.99. The Morgan fingerprint density at radius 3 is 2.79 bits per heavy atom. The number of hydrogen-bond donors (Lipinski definition) is 0. The topological polar surface area (TPSA) is 49.6 Å². The van der Waals surface area contributed by atoms with E-state index in [-0.39, 0.29) is 0 Å². The minimum Gasteiger partial charge on any atom is -0.237 e. The van der Waals surface area contributed by atoms with Gasteiger partial charge in [0.15, 0.2) is 0 Å². The Labute approximate surface area is 125 Å². The Morgan fingerprint density at radius 2 is 2.11 bits per heavy atom. The zero-order chi connectivity index (χ0) is 13.8. The van der Waals surface area contributed by atoms with E-state index in [9.17, 15) is 5.26 Å². The van der Waals surface area contributed by atoms with Crippen LogP contribution in [-0.2, 0) is 5.75 Å². The van der Waals surface area contributed by atoms with Crippen molar-refractivity contribution in [3.05, 3.63) is 51.4 Å². The molecule has 0 aliphatic carbocycles. The van der Waals surface area contributed by atoms with Crippen molar-refractivity contribution in [3.8, 4) is 6.07 Å². The van der Waals surface area contributed by atoms with Crippen LogP contribution in [-0.4, -0.2) is 9.97 Å². The third-order valence-corrected chi connectivity index (χ3v) is 4.08. The monoisotopic (exact) mass is 333 g/mol. The smallest absolute Gasteiger partial charge is 0.126 e. The van der Waals surface area contributed by atoms with E-state index >= 15 is 0 Å². The number of aryl methyl sites for hydroxylation is 2. The maximum Gasteiger partial charge on any atom is 0.126 e. The van der Waals surface area contributed by atoms with Crippen molar-refractivity contribution >= 4 is 27.7 Å². The number of hydrogen-bond acceptors (Lipinski definition) is 4. The average molecular weight is 334 g/mol. The largest absolute Gasteiger partial charge is 0.237 e. The number of thioether (sulfide) groups is 1. The van der Waals surface area contributed by atoms with Gasteiger partial charge in [-0.15, -0.1) is 11.8 Å². The zero-order valence-corrected chi connectivity index (χ0v) is 13.0. The quantitative estimate of drug-likeness (QED) is 0.628. The Balaban J connectivity index is 2.22. The molecule has 0 saturated heterocycles. The van der Waals surface area contributed by atoms with Gasteiger partial charge in [0.1, 0.15) is 22.5 Å². The fraction of sp³-hybridized carbons (Fsp3) is 0.214. The molecule has 1 aromatic heterocycles. The number of benzene rings is 1. The molecule has 2 rings (SSSR count). The molecule has 3 nitrogen and oxygen atoms in total. The highest BCUT2D eigenvalue weighted by Crippen LogP contribution is 2.26. The van der Waals surface area contributed by atoms with Crippen LogP contribution in [0.3, 0.4) is 0 Å². The lowest BCUT2D eigenvalue weighted by Gasteiger charge is -2.06. The SMILES string of the molecule is Cc1nc(C)c(C#N)c(SCc2cccc(Br)c2)n1. The van der Waals surface area contributed by atoms with E-state index in [2.05, 4.69) is 44.1 Å². The van der Waals surface area contributed by atoms with Crippen LogP contribution in [0.5, 0.6) is 0 Å². The van der Waals surface area contributed by atoms with Crippen LogP contribution < -0.4 is 0 Å². The van der Waals surface area contributed by atoms with E-state index in [1.165, 1.54) is 5.56 Å². The minimum absolute atomic E-state index is 0.575. The fourth-order valence-corrected chi connectivity index (χ4v) is 3.16. The van der Waals surface area contributed by atoms with Crippen LogP contribution in [0.2, 0.25) is 0 Å². The highest BCUT2D eigenvalue weighted by atomic mass is 79.9. The highest BCUT2D eigenvalue weighted by Gasteiger charge is 2.10. The second kappa shape index (κ2) is 6.18. The molecule has 1 heterocycles. The van der Waals surface area contributed by atoms with Gasteiger partial charge in [-0.3, -0.25) is 0 Å². The van der Waals surface area contributed by atoms with Gasteiger partial charge >= 0.3 is 0 Å². The van der Waals surface area contributed by atoms with Crippen LogP contribution >= 0.6 is 27.7 Å². The standard InChI is InChI=1S/C14H12BrN3S/c1-9-13(7-16)14(18-10(2)17-9)19-8-11-4-3-5-12(15)6-11/h3-6H,8H2,1-2H3. The van der Waals surface area contributed by atoms with E-state index in [4.69, 9.17) is 0 Å². The van der Waals surface area contributed by atoms with Gasteiger partial charge in [-0.1, -0.05) is 28.1 Å². The van der Waals surface area contributed by atoms with Crippen LogP contribution in [0.25, 0.3) is 0 Å². The normalized spacial score (nSPS) is 10.2. The predicted molar refractivity (Wildman–Crippen MR) is 79.9 cm³/mol. The van der Waals surface area contributed by atoms with E-state index in [0.29, 0.717) is 11.4 Å². The molecule has 0 aliphatic heterocycles. The molecule has 2 aromatic rings. The van der Waals surface area contributed by atoms with E-state index in [1.54, 1.807) is 11.8 Å². The van der Waals surface area contributed by atoms with E-state index in [0.717, 1.165) is 20.9 Å². The third kappa shape index (κ3) is 3.55. The van der Waals surface area contributed by atoms with Crippen molar-refractivity contribution in [1.82, 2.24) is 9.97 Å². The van der Waals surface area contributed by atoms with Gasteiger partial charge in [0, 0.05) is 10.2 Å². The van der Waals surface area contributed by atoms with Gasteiger partial charge in [-0.25, -0.2) is 9.97 Å². The molecular formula is C14H12BrN3S. The third-order valence-electron chi connectivity index (χ3n) is 2.54. The number of nitriles is 1. The van der Waals surface area contributed by atoms with Crippen molar-refractivity contribution < 1.29 is 0 Å². The highest BCUT2D eigenvalue weighted by molar-refractivity contribution is 9.10. The fourth-order valence-electron chi connectivity index (χ4n) is 1.69. The second-order valence-electron chi connectivity index (χ2n) is 4.07. The Hall–Kier alpha value is -1.38. The molecular weight excluding hydrogens is 322 g/mol. The first-order valence-electron chi connectivity index (χ1n) is 5.72. The molecule has 0 atom stereocenters. The first-order valence-corrected chi connectivity index (χ1v) is 7.50. The first-order chi connectivity index (χ1) is 9.10. The summed E-state index contributed by atoms with van der Waals surface area (Å²) < 4.78 is 1.06. The predicted octanol–water partition coefficient (Wildman–Crippen LogP) is 4.02. The summed E-state index contributed by atoms with van der Waals surface area (Å²) in [5.74, 6) is 1.48. The van der Waals surface area contributed by atoms with Gasteiger partial charge in [0.05, 0.1) is 5.69 Å². The van der Waals surface area contributed by atoms with Crippen LogP contribution in [0.15, 0.2) is 33.8 Å². The summed E-state index contributed by atoms with van der Waals surface area (Å²) in [6.45, 7) is 3.69. The number of aromatic nitrogens is 2. The van der Waals surface area contributed by atoms with E-state index < -0.39 is 0 Å². The number of halogens is 1. The van der Waals surface area contributed by atoms with Gasteiger partial charge in [-0.05, 0) is 31.5 Å². The molecule has 0 N–H and O–H groups in total. The maximum atomic E-state index is 9.18. The van der Waals surface area contributed by atoms with Crippen LogP contribution in [0.4, 0.5) is 0 Å². The summed E-state index contributed by atoms with van der Waals surface area (Å²) in [6.07, 6.45) is 0. The van der Waals surface area contributed by atoms with Crippen LogP contribution in [0, 0.1) is 25.2 Å². The van der Waals surface area contributed by atoms with Gasteiger partial charge in [0.2, 0.25) is 0 Å². The Kier molecular flexibility index (Phi) is 4.56. The van der Waals surface area contributed by atoms with Crippen molar-refractivity contribution in [2.45, 2.75) is 24.6 Å². The number of nitrogens with zero attached hydrogens (tertiary/aromatic N) is 3. The molecule has 1 aromatic carbocycles. The van der Waals surface area contributed by atoms with Gasteiger partial charge in [0.25, 0.3) is 0 Å². The first kappa shape index (κ1) is 14.0. The molecule has 0 radical (unpaired) electrons. The lowest BCUT2D eigenvalue weighted by atomic mass is 10.2. The number of rotatable bonds is 3. The van der Waals surface area contributed by atoms with Crippen molar-refractivity contribution in [3.63, 3.8) is 0 Å². The molecule has 0 saturated carbocycles. The zero-order valence-electron chi connectivity index (χ0n) is 10.6. The summed E-state index contributed by atoms with van der Waals surface area (Å²) in [5.41, 5.74) is 2.51. The second-order valence-corrected chi connectivity index (χ2v) is 5.95. The average Bonchev–Trinajstić information content (AvgIpc) is 2.36. The summed E-state index contributed by atoms with van der Waals surface area (Å²) in [7, 11) is 0. The van der Waals surface area contributed by atoms with Gasteiger partial charge < -0.3 is 0 Å². The van der Waals surface area contributed by atoms with Gasteiger partial charge in [-0.2, -0.15) is 5.26 Å². The van der Waals surface area contributed by atoms with Crippen molar-refractivity contribution in [1.29, 1.82) is 5.26 Å². The lowest BCUT2D eigenvalue weighted by molar-refractivity contribution is 0.923. The summed E-state index contributed by atoms with van der Waals surface area (Å²) in [5, 5.41) is 9.94. The molecule has 0 bridgehead atoms. The maximum absolute atomic E-state index is 9.18. The summed E-state index contributed by atoms with van der Waals surface area (Å²) >= 11 is 5.02. The Morgan fingerprint density at radius 1 is 1.32 bits per heavy atom. The molecule has 5 heteroatoms. The molecule has 0 spiro atoms.